The van der Waals surface area contributed by atoms with E-state index >= 15 is 0 Å². The maximum Gasteiger partial charge on any atom is 0.317 e. The van der Waals surface area contributed by atoms with Crippen LogP contribution in [0.1, 0.15) is 18.9 Å². The maximum atomic E-state index is 12.5. The van der Waals surface area contributed by atoms with E-state index in [4.69, 9.17) is 4.98 Å². The number of anilines is 1. The van der Waals surface area contributed by atoms with E-state index in [0.29, 0.717) is 38.2 Å². The first-order chi connectivity index (χ1) is 18.0. The number of fused-ring (bicyclic) bond motifs is 1. The number of aliphatic hydroxyl groups excluding tert-OH is 1. The first-order valence-electron chi connectivity index (χ1n) is 12.3. The Balaban J connectivity index is 1.36. The average Bonchev–Trinajstić information content (AvgIpc) is 3.57. The minimum atomic E-state index is -0.222. The predicted molar refractivity (Wildman–Crippen MR) is 139 cm³/mol. The molecule has 2 N–H and O–H groups in total. The van der Waals surface area contributed by atoms with Crippen molar-refractivity contribution in [2.24, 2.45) is 7.05 Å². The van der Waals surface area contributed by atoms with Gasteiger partial charge in [0.25, 0.3) is 0 Å². The minimum Gasteiger partial charge on any atom is -0.394 e. The van der Waals surface area contributed by atoms with Gasteiger partial charge in [-0.25, -0.2) is 14.3 Å². The Labute approximate surface area is 214 Å². The molecular weight excluding hydrogens is 470 g/mol. The molecule has 4 aromatic heterocycles. The van der Waals surface area contributed by atoms with Crippen molar-refractivity contribution in [3.8, 4) is 28.3 Å². The lowest BCUT2D eigenvalue weighted by Gasteiger charge is -2.36. The molecule has 2 amide bonds. The molecule has 1 aliphatic heterocycles. The highest BCUT2D eigenvalue weighted by molar-refractivity contribution is 5.87. The van der Waals surface area contributed by atoms with Crippen LogP contribution in [-0.4, -0.2) is 79.2 Å². The van der Waals surface area contributed by atoms with Crippen LogP contribution in [0.2, 0.25) is 0 Å². The SMILES string of the molecule is CCC(CO)NC(=O)N1CCN(c2ccc(-c3cc(-c4cnn(C)c4)cn4ncc(C#N)c34)cn2)CC1. The first kappa shape index (κ1) is 24.3. The fraction of sp³-hybridized carbons (Fsp3) is 0.346. The van der Waals surface area contributed by atoms with Crippen molar-refractivity contribution >= 4 is 17.4 Å². The number of nitriles is 1. The van der Waals surface area contributed by atoms with Gasteiger partial charge in [-0.2, -0.15) is 15.5 Å². The van der Waals surface area contributed by atoms with Crippen molar-refractivity contribution in [2.45, 2.75) is 19.4 Å². The van der Waals surface area contributed by atoms with E-state index in [9.17, 15) is 15.2 Å². The number of amides is 2. The normalized spacial score (nSPS) is 14.5. The second-order valence-electron chi connectivity index (χ2n) is 9.12. The highest BCUT2D eigenvalue weighted by Crippen LogP contribution is 2.32. The summed E-state index contributed by atoms with van der Waals surface area (Å²) in [5.74, 6) is 0.832. The lowest BCUT2D eigenvalue weighted by atomic mass is 10.0. The zero-order valence-corrected chi connectivity index (χ0v) is 20.9. The molecule has 11 nitrogen and oxygen atoms in total. The number of hydrogen-bond donors (Lipinski definition) is 2. The number of aliphatic hydroxyl groups is 1. The van der Waals surface area contributed by atoms with E-state index in [-0.39, 0.29) is 18.7 Å². The second kappa shape index (κ2) is 10.3. The van der Waals surface area contributed by atoms with Crippen LogP contribution in [0.3, 0.4) is 0 Å². The van der Waals surface area contributed by atoms with Crippen LogP contribution >= 0.6 is 0 Å². The molecule has 0 radical (unpaired) electrons. The molecule has 0 spiro atoms. The summed E-state index contributed by atoms with van der Waals surface area (Å²) in [5.41, 5.74) is 4.87. The van der Waals surface area contributed by atoms with E-state index in [0.717, 1.165) is 33.6 Å². The lowest BCUT2D eigenvalue weighted by molar-refractivity contribution is 0.178. The zero-order valence-electron chi connectivity index (χ0n) is 20.9. The van der Waals surface area contributed by atoms with Gasteiger partial charge in [0.05, 0.1) is 36.1 Å². The van der Waals surface area contributed by atoms with Gasteiger partial charge in [0.15, 0.2) is 0 Å². The van der Waals surface area contributed by atoms with E-state index < -0.39 is 0 Å². The van der Waals surface area contributed by atoms with Crippen LogP contribution in [0, 0.1) is 11.3 Å². The fourth-order valence-corrected chi connectivity index (χ4v) is 4.57. The van der Waals surface area contributed by atoms with Gasteiger partial charge in [-0.15, -0.1) is 0 Å². The number of nitrogens with zero attached hydrogens (tertiary/aromatic N) is 8. The summed E-state index contributed by atoms with van der Waals surface area (Å²) in [4.78, 5) is 21.1. The van der Waals surface area contributed by atoms with Crippen molar-refractivity contribution in [1.29, 1.82) is 5.26 Å². The lowest BCUT2D eigenvalue weighted by Crippen LogP contribution is -2.54. The van der Waals surface area contributed by atoms with Gasteiger partial charge in [-0.05, 0) is 24.6 Å². The number of nitrogens with one attached hydrogen (secondary N) is 1. The third-order valence-corrected chi connectivity index (χ3v) is 6.76. The van der Waals surface area contributed by atoms with Gasteiger partial charge in [-0.1, -0.05) is 6.92 Å². The number of hydrogen-bond acceptors (Lipinski definition) is 7. The Hall–Kier alpha value is -4.43. The van der Waals surface area contributed by atoms with Crippen molar-refractivity contribution in [1.82, 2.24) is 34.6 Å². The fourth-order valence-electron chi connectivity index (χ4n) is 4.57. The Morgan fingerprint density at radius 3 is 2.54 bits per heavy atom. The maximum absolute atomic E-state index is 12.5. The predicted octanol–water partition coefficient (Wildman–Crippen LogP) is 2.27. The molecule has 0 saturated carbocycles. The smallest absolute Gasteiger partial charge is 0.317 e. The molecule has 4 aromatic rings. The summed E-state index contributed by atoms with van der Waals surface area (Å²) < 4.78 is 3.48. The molecule has 11 heteroatoms. The molecule has 5 heterocycles. The Bertz CT molecular complexity index is 1440. The van der Waals surface area contributed by atoms with Crippen molar-refractivity contribution in [2.75, 3.05) is 37.7 Å². The number of urea groups is 1. The molecule has 5 rings (SSSR count). The first-order valence-corrected chi connectivity index (χ1v) is 12.3. The Kier molecular flexibility index (Phi) is 6.74. The summed E-state index contributed by atoms with van der Waals surface area (Å²) in [6.45, 7) is 4.35. The summed E-state index contributed by atoms with van der Waals surface area (Å²) in [6, 6.07) is 7.89. The number of pyridine rings is 2. The molecule has 190 valence electrons. The van der Waals surface area contributed by atoms with Crippen LogP contribution < -0.4 is 10.2 Å². The number of carbonyl (C=O) groups is 1. The number of rotatable bonds is 6. The summed E-state index contributed by atoms with van der Waals surface area (Å²) in [5, 5.41) is 30.5. The standard InChI is InChI=1S/C26H29N9O2/c1-3-22(17-36)31-26(37)34-8-6-33(7-9-34)24-5-4-18(12-28-24)23-10-19(21-14-29-32(2)15-21)16-35-25(23)20(11-27)13-30-35/h4-5,10,12-16,22,36H,3,6-9,17H2,1-2H3,(H,31,37). The monoisotopic (exact) mass is 499 g/mol. The van der Waals surface area contributed by atoms with E-state index in [2.05, 4.69) is 26.5 Å². The summed E-state index contributed by atoms with van der Waals surface area (Å²) in [7, 11) is 1.87. The summed E-state index contributed by atoms with van der Waals surface area (Å²) in [6.07, 6.45) is 9.72. The molecule has 1 aliphatic rings. The number of carbonyl (C=O) groups excluding carboxylic acids is 1. The quantitative estimate of drug-likeness (QED) is 0.417. The molecule has 0 aliphatic carbocycles. The second-order valence-corrected chi connectivity index (χ2v) is 9.12. The van der Waals surface area contributed by atoms with Crippen molar-refractivity contribution in [3.05, 3.63) is 54.7 Å². The van der Waals surface area contributed by atoms with Crippen LogP contribution in [-0.2, 0) is 7.05 Å². The van der Waals surface area contributed by atoms with E-state index in [1.165, 1.54) is 0 Å². The van der Waals surface area contributed by atoms with Gasteiger partial charge in [0.2, 0.25) is 0 Å². The third kappa shape index (κ3) is 4.83. The molecular formula is C26H29N9O2. The summed E-state index contributed by atoms with van der Waals surface area (Å²) >= 11 is 0. The molecule has 1 atom stereocenters. The van der Waals surface area contributed by atoms with Crippen LogP contribution in [0.25, 0.3) is 27.8 Å². The molecule has 0 bridgehead atoms. The minimum absolute atomic E-state index is 0.0644. The average molecular weight is 500 g/mol. The Morgan fingerprint density at radius 1 is 1.11 bits per heavy atom. The van der Waals surface area contributed by atoms with Crippen LogP contribution in [0.4, 0.5) is 10.6 Å². The largest absolute Gasteiger partial charge is 0.394 e. The highest BCUT2D eigenvalue weighted by atomic mass is 16.3. The highest BCUT2D eigenvalue weighted by Gasteiger charge is 2.23. The topological polar surface area (TPSA) is 128 Å². The van der Waals surface area contributed by atoms with Crippen LogP contribution in [0.15, 0.2) is 49.2 Å². The number of aromatic nitrogens is 5. The molecule has 0 aromatic carbocycles. The third-order valence-electron chi connectivity index (χ3n) is 6.76. The zero-order chi connectivity index (χ0) is 25.9. The number of piperazine rings is 1. The van der Waals surface area contributed by atoms with Crippen molar-refractivity contribution in [3.63, 3.8) is 0 Å². The number of aryl methyl sites for hydroxylation is 1. The van der Waals surface area contributed by atoms with Gasteiger partial charge >= 0.3 is 6.03 Å². The van der Waals surface area contributed by atoms with E-state index in [1.807, 2.05) is 50.8 Å². The van der Waals surface area contributed by atoms with Gasteiger partial charge < -0.3 is 20.2 Å². The molecule has 1 unspecified atom stereocenters. The molecule has 37 heavy (non-hydrogen) atoms. The Morgan fingerprint density at radius 2 is 1.92 bits per heavy atom. The van der Waals surface area contributed by atoms with E-state index in [1.54, 1.807) is 26.5 Å². The van der Waals surface area contributed by atoms with Crippen LogP contribution in [0.5, 0.6) is 0 Å². The van der Waals surface area contributed by atoms with Crippen molar-refractivity contribution < 1.29 is 9.90 Å². The molecule has 1 fully saturated rings. The van der Waals surface area contributed by atoms with Gasteiger partial charge in [0.1, 0.15) is 11.9 Å². The van der Waals surface area contributed by atoms with Gasteiger partial charge in [-0.3, -0.25) is 4.68 Å². The molecule has 1 saturated heterocycles. The van der Waals surface area contributed by atoms with Gasteiger partial charge in [0, 0.05) is 74.1 Å².